The third-order valence-electron chi connectivity index (χ3n) is 3.51. The van der Waals surface area contributed by atoms with Gasteiger partial charge < -0.3 is 5.73 Å². The fourth-order valence-electron chi connectivity index (χ4n) is 2.62. The molecule has 2 heterocycles. The van der Waals surface area contributed by atoms with Crippen LogP contribution < -0.4 is 10.6 Å². The Morgan fingerprint density at radius 2 is 1.94 bits per heavy atom. The largest absolute Gasteiger partial charge is 0.319 e. The quantitative estimate of drug-likeness (QED) is 0.719. The summed E-state index contributed by atoms with van der Waals surface area (Å²) < 4.78 is 0. The fraction of sp³-hybridized carbons (Fsp3) is 0.385. The molecule has 94 valence electrons. The molecule has 0 aliphatic carbocycles. The summed E-state index contributed by atoms with van der Waals surface area (Å²) in [6.07, 6.45) is 0.107. The third-order valence-corrected chi connectivity index (χ3v) is 3.51. The number of imide groups is 1. The standard InChI is InChI=1S/C13H15N3O2/c1-15-6-8-2-3-10(4-9(8)7-15)16-12(17)5-11(14)13(16)18/h2-4,11H,5-7,14H2,1H3/t11-/m0/s1. The highest BCUT2D eigenvalue weighted by molar-refractivity contribution is 6.22. The van der Waals surface area contributed by atoms with E-state index in [9.17, 15) is 9.59 Å². The minimum atomic E-state index is -0.687. The molecular weight excluding hydrogens is 230 g/mol. The first-order valence-corrected chi connectivity index (χ1v) is 5.99. The van der Waals surface area contributed by atoms with Crippen LogP contribution in [-0.4, -0.2) is 29.8 Å². The van der Waals surface area contributed by atoms with Gasteiger partial charge in [-0.15, -0.1) is 0 Å². The van der Waals surface area contributed by atoms with Crippen molar-refractivity contribution in [3.8, 4) is 0 Å². The number of fused-ring (bicyclic) bond motifs is 1. The van der Waals surface area contributed by atoms with Gasteiger partial charge in [0.2, 0.25) is 5.91 Å². The maximum atomic E-state index is 11.9. The van der Waals surface area contributed by atoms with Crippen LogP contribution in [0.2, 0.25) is 0 Å². The van der Waals surface area contributed by atoms with Gasteiger partial charge in [0.15, 0.2) is 0 Å². The molecule has 1 saturated heterocycles. The van der Waals surface area contributed by atoms with Gasteiger partial charge in [0.25, 0.3) is 5.91 Å². The molecule has 0 bridgehead atoms. The van der Waals surface area contributed by atoms with Crippen LogP contribution in [0.25, 0.3) is 0 Å². The van der Waals surface area contributed by atoms with E-state index in [4.69, 9.17) is 5.73 Å². The molecule has 2 aliphatic rings. The highest BCUT2D eigenvalue weighted by Crippen LogP contribution is 2.28. The molecule has 3 rings (SSSR count). The molecule has 1 fully saturated rings. The molecule has 0 saturated carbocycles. The second-order valence-corrected chi connectivity index (χ2v) is 5.00. The molecular formula is C13H15N3O2. The fourth-order valence-corrected chi connectivity index (χ4v) is 2.62. The lowest BCUT2D eigenvalue weighted by molar-refractivity contribution is -0.121. The van der Waals surface area contributed by atoms with E-state index in [1.54, 1.807) is 0 Å². The maximum absolute atomic E-state index is 11.9. The normalized spacial score (nSPS) is 23.9. The van der Waals surface area contributed by atoms with Gasteiger partial charge in [0.1, 0.15) is 0 Å². The zero-order valence-corrected chi connectivity index (χ0v) is 10.2. The Morgan fingerprint density at radius 3 is 2.61 bits per heavy atom. The van der Waals surface area contributed by atoms with Crippen molar-refractivity contribution in [1.29, 1.82) is 0 Å². The molecule has 0 unspecified atom stereocenters. The van der Waals surface area contributed by atoms with Gasteiger partial charge in [-0.3, -0.25) is 14.5 Å². The SMILES string of the molecule is CN1Cc2ccc(N3C(=O)C[C@H](N)C3=O)cc2C1. The minimum absolute atomic E-state index is 0.107. The van der Waals surface area contributed by atoms with Crippen LogP contribution in [0, 0.1) is 0 Å². The summed E-state index contributed by atoms with van der Waals surface area (Å²) in [6, 6.07) is 5.05. The van der Waals surface area contributed by atoms with Crippen molar-refractivity contribution in [3.05, 3.63) is 29.3 Å². The van der Waals surface area contributed by atoms with Crippen molar-refractivity contribution in [2.45, 2.75) is 25.6 Å². The average molecular weight is 245 g/mol. The van der Waals surface area contributed by atoms with Crippen molar-refractivity contribution in [2.75, 3.05) is 11.9 Å². The van der Waals surface area contributed by atoms with Crippen LogP contribution in [-0.2, 0) is 22.7 Å². The summed E-state index contributed by atoms with van der Waals surface area (Å²) in [5.41, 5.74) is 8.69. The van der Waals surface area contributed by atoms with Gasteiger partial charge in [-0.05, 0) is 30.3 Å². The first-order valence-electron chi connectivity index (χ1n) is 5.99. The second-order valence-electron chi connectivity index (χ2n) is 5.00. The summed E-state index contributed by atoms with van der Waals surface area (Å²) in [5.74, 6) is -0.509. The van der Waals surface area contributed by atoms with Gasteiger partial charge >= 0.3 is 0 Å². The van der Waals surface area contributed by atoms with E-state index in [1.807, 2.05) is 25.2 Å². The van der Waals surface area contributed by atoms with Gasteiger partial charge in [0.05, 0.1) is 18.2 Å². The summed E-state index contributed by atoms with van der Waals surface area (Å²) in [5, 5.41) is 0. The molecule has 2 aliphatic heterocycles. The summed E-state index contributed by atoms with van der Waals surface area (Å²) >= 11 is 0. The van der Waals surface area contributed by atoms with Gasteiger partial charge in [-0.25, -0.2) is 4.90 Å². The molecule has 0 aromatic heterocycles. The number of carbonyl (C=O) groups excluding carboxylic acids is 2. The molecule has 5 nitrogen and oxygen atoms in total. The molecule has 0 radical (unpaired) electrons. The van der Waals surface area contributed by atoms with Crippen molar-refractivity contribution in [3.63, 3.8) is 0 Å². The summed E-state index contributed by atoms with van der Waals surface area (Å²) in [4.78, 5) is 27.0. The van der Waals surface area contributed by atoms with Gasteiger partial charge in [-0.1, -0.05) is 6.07 Å². The van der Waals surface area contributed by atoms with Crippen molar-refractivity contribution < 1.29 is 9.59 Å². The number of rotatable bonds is 1. The number of nitrogens with two attached hydrogens (primary N) is 1. The van der Waals surface area contributed by atoms with Crippen LogP contribution in [0.15, 0.2) is 18.2 Å². The number of amides is 2. The highest BCUT2D eigenvalue weighted by atomic mass is 16.2. The van der Waals surface area contributed by atoms with Crippen LogP contribution in [0.4, 0.5) is 5.69 Å². The van der Waals surface area contributed by atoms with E-state index in [0.29, 0.717) is 5.69 Å². The van der Waals surface area contributed by atoms with E-state index in [0.717, 1.165) is 13.1 Å². The first-order chi connectivity index (χ1) is 8.56. The number of nitrogens with zero attached hydrogens (tertiary/aromatic N) is 2. The third kappa shape index (κ3) is 1.63. The van der Waals surface area contributed by atoms with Crippen LogP contribution in [0.5, 0.6) is 0 Å². The van der Waals surface area contributed by atoms with Crippen molar-refractivity contribution >= 4 is 17.5 Å². The zero-order valence-electron chi connectivity index (χ0n) is 10.2. The Bertz CT molecular complexity index is 541. The number of hydrogen-bond acceptors (Lipinski definition) is 4. The smallest absolute Gasteiger partial charge is 0.251 e. The van der Waals surface area contributed by atoms with E-state index < -0.39 is 6.04 Å². The predicted molar refractivity (Wildman–Crippen MR) is 66.7 cm³/mol. The van der Waals surface area contributed by atoms with Crippen LogP contribution in [0.1, 0.15) is 17.5 Å². The Hall–Kier alpha value is -1.72. The monoisotopic (exact) mass is 245 g/mol. The van der Waals surface area contributed by atoms with E-state index >= 15 is 0 Å². The number of carbonyl (C=O) groups is 2. The van der Waals surface area contributed by atoms with Crippen LogP contribution in [0.3, 0.4) is 0 Å². The maximum Gasteiger partial charge on any atom is 0.251 e. The summed E-state index contributed by atoms with van der Waals surface area (Å²) in [7, 11) is 2.04. The van der Waals surface area contributed by atoms with Crippen molar-refractivity contribution in [2.24, 2.45) is 5.73 Å². The van der Waals surface area contributed by atoms with E-state index in [2.05, 4.69) is 4.90 Å². The zero-order chi connectivity index (χ0) is 12.9. The Morgan fingerprint density at radius 1 is 1.22 bits per heavy atom. The van der Waals surface area contributed by atoms with E-state index in [1.165, 1.54) is 16.0 Å². The first kappa shape index (κ1) is 11.4. The van der Waals surface area contributed by atoms with Gasteiger partial charge in [0, 0.05) is 13.1 Å². The van der Waals surface area contributed by atoms with Crippen LogP contribution >= 0.6 is 0 Å². The Kier molecular flexibility index (Phi) is 2.46. The molecule has 18 heavy (non-hydrogen) atoms. The predicted octanol–water partition coefficient (Wildman–Crippen LogP) is 0.223. The number of hydrogen-bond donors (Lipinski definition) is 1. The average Bonchev–Trinajstić information content (AvgIpc) is 2.78. The summed E-state index contributed by atoms with van der Waals surface area (Å²) in [6.45, 7) is 1.77. The molecule has 1 aromatic carbocycles. The highest BCUT2D eigenvalue weighted by Gasteiger charge is 2.37. The van der Waals surface area contributed by atoms with Crippen molar-refractivity contribution in [1.82, 2.24) is 4.90 Å². The Labute approximate surface area is 105 Å². The minimum Gasteiger partial charge on any atom is -0.319 e. The number of anilines is 1. The lowest BCUT2D eigenvalue weighted by atomic mass is 10.1. The lowest BCUT2D eigenvalue weighted by Gasteiger charge is -2.15. The van der Waals surface area contributed by atoms with Gasteiger partial charge in [-0.2, -0.15) is 0 Å². The molecule has 0 spiro atoms. The number of benzene rings is 1. The molecule has 2 amide bonds. The molecule has 5 heteroatoms. The Balaban J connectivity index is 1.97. The topological polar surface area (TPSA) is 66.6 Å². The molecule has 1 atom stereocenters. The second kappa shape index (κ2) is 3.90. The van der Waals surface area contributed by atoms with E-state index in [-0.39, 0.29) is 18.2 Å². The lowest BCUT2D eigenvalue weighted by Crippen LogP contribution is -2.35. The molecule has 2 N–H and O–H groups in total. The molecule has 1 aromatic rings.